The topological polar surface area (TPSA) is 41.1 Å². The second-order valence-corrected chi connectivity index (χ2v) is 2.74. The summed E-state index contributed by atoms with van der Waals surface area (Å²) in [4.78, 5) is 10.9. The van der Waals surface area contributed by atoms with Crippen LogP contribution in [-0.2, 0) is 4.79 Å². The molecule has 10 heavy (non-hydrogen) atoms. The monoisotopic (exact) mass is 162 g/mol. The molecule has 0 spiro atoms. The minimum Gasteiger partial charge on any atom is -0.353 e. The fourth-order valence-corrected chi connectivity index (χ4v) is 1.53. The minimum atomic E-state index is 0. The zero-order valence-electron chi connectivity index (χ0n) is 5.59. The van der Waals surface area contributed by atoms with Gasteiger partial charge in [0.1, 0.15) is 0 Å². The lowest BCUT2D eigenvalue weighted by atomic mass is 10.2. The van der Waals surface area contributed by atoms with Crippen LogP contribution in [0.5, 0.6) is 0 Å². The highest BCUT2D eigenvalue weighted by molar-refractivity contribution is 5.85. The fraction of sp³-hybridized carbons (Fsp3) is 0.833. The molecule has 0 aromatic heterocycles. The summed E-state index contributed by atoms with van der Waals surface area (Å²) < 4.78 is 0. The van der Waals surface area contributed by atoms with Gasteiger partial charge in [-0.2, -0.15) is 0 Å². The summed E-state index contributed by atoms with van der Waals surface area (Å²) in [6, 6.07) is 0.691. The Morgan fingerprint density at radius 2 is 2.20 bits per heavy atom. The van der Waals surface area contributed by atoms with E-state index in [0.717, 1.165) is 19.4 Å². The normalized spacial score (nSPS) is 36.6. The summed E-state index contributed by atoms with van der Waals surface area (Å²) in [5.41, 5.74) is 0. The van der Waals surface area contributed by atoms with Gasteiger partial charge in [-0.1, -0.05) is 0 Å². The molecule has 4 heteroatoms. The van der Waals surface area contributed by atoms with Crippen LogP contribution in [0.1, 0.15) is 12.8 Å². The molecule has 2 fully saturated rings. The molecule has 2 aliphatic heterocycles. The molecule has 0 saturated carbocycles. The predicted octanol–water partition coefficient (Wildman–Crippen LogP) is -0.341. The van der Waals surface area contributed by atoms with Gasteiger partial charge in [0.25, 0.3) is 0 Å². The van der Waals surface area contributed by atoms with E-state index in [-0.39, 0.29) is 24.4 Å². The van der Waals surface area contributed by atoms with Gasteiger partial charge in [-0.05, 0) is 12.8 Å². The number of carbonyl (C=O) groups excluding carboxylic acids is 1. The van der Waals surface area contributed by atoms with Crippen LogP contribution >= 0.6 is 12.4 Å². The van der Waals surface area contributed by atoms with Crippen LogP contribution in [0.4, 0.5) is 0 Å². The molecule has 2 aliphatic rings. The van der Waals surface area contributed by atoms with Crippen LogP contribution in [-0.4, -0.2) is 24.5 Å². The highest BCUT2D eigenvalue weighted by atomic mass is 35.5. The maximum Gasteiger partial charge on any atom is 0.237 e. The third-order valence-electron chi connectivity index (χ3n) is 2.08. The molecule has 2 atom stereocenters. The van der Waals surface area contributed by atoms with E-state index in [1.807, 2.05) is 0 Å². The van der Waals surface area contributed by atoms with Crippen molar-refractivity contribution in [3.05, 3.63) is 0 Å². The first-order chi connectivity index (χ1) is 4.36. The van der Waals surface area contributed by atoms with E-state index in [9.17, 15) is 4.79 Å². The number of nitrogens with one attached hydrogen (secondary N) is 2. The second-order valence-electron chi connectivity index (χ2n) is 2.74. The molecular weight excluding hydrogens is 152 g/mol. The number of piperazine rings is 1. The van der Waals surface area contributed by atoms with Crippen molar-refractivity contribution in [1.29, 1.82) is 0 Å². The molecule has 1 amide bonds. The van der Waals surface area contributed by atoms with Gasteiger partial charge in [0, 0.05) is 12.6 Å². The van der Waals surface area contributed by atoms with Gasteiger partial charge < -0.3 is 10.6 Å². The van der Waals surface area contributed by atoms with Crippen LogP contribution in [0.3, 0.4) is 0 Å². The third-order valence-corrected chi connectivity index (χ3v) is 2.08. The van der Waals surface area contributed by atoms with E-state index >= 15 is 0 Å². The quantitative estimate of drug-likeness (QED) is 0.512. The van der Waals surface area contributed by atoms with E-state index < -0.39 is 0 Å². The van der Waals surface area contributed by atoms with E-state index in [1.54, 1.807) is 0 Å². The number of hydrogen-bond donors (Lipinski definition) is 2. The zero-order valence-corrected chi connectivity index (χ0v) is 6.41. The van der Waals surface area contributed by atoms with Gasteiger partial charge in [-0.15, -0.1) is 12.4 Å². The van der Waals surface area contributed by atoms with Crippen molar-refractivity contribution >= 4 is 18.3 Å². The molecule has 2 N–H and O–H groups in total. The summed E-state index contributed by atoms with van der Waals surface area (Å²) in [6.07, 6.45) is 2.18. The highest BCUT2D eigenvalue weighted by Gasteiger charge is 2.33. The Balaban J connectivity index is 0.000000500. The van der Waals surface area contributed by atoms with Crippen molar-refractivity contribution in [2.24, 2.45) is 0 Å². The molecule has 2 rings (SSSR count). The van der Waals surface area contributed by atoms with Gasteiger partial charge in [-0.25, -0.2) is 0 Å². The van der Waals surface area contributed by atoms with Crippen molar-refractivity contribution < 1.29 is 4.79 Å². The highest BCUT2D eigenvalue weighted by Crippen LogP contribution is 2.14. The Morgan fingerprint density at radius 3 is 2.90 bits per heavy atom. The van der Waals surface area contributed by atoms with E-state index in [4.69, 9.17) is 0 Å². The van der Waals surface area contributed by atoms with Gasteiger partial charge in [0.2, 0.25) is 5.91 Å². The number of hydrogen-bond acceptors (Lipinski definition) is 2. The Kier molecular flexibility index (Phi) is 2.16. The smallest absolute Gasteiger partial charge is 0.237 e. The van der Waals surface area contributed by atoms with Crippen LogP contribution in [0.25, 0.3) is 0 Å². The molecule has 3 nitrogen and oxygen atoms in total. The predicted molar refractivity (Wildman–Crippen MR) is 40.2 cm³/mol. The maximum atomic E-state index is 10.9. The molecular formula is C6H11ClN2O. The summed E-state index contributed by atoms with van der Waals surface area (Å²) in [7, 11) is 0. The van der Waals surface area contributed by atoms with Crippen LogP contribution in [0.15, 0.2) is 0 Å². The number of rotatable bonds is 0. The van der Waals surface area contributed by atoms with Gasteiger partial charge in [0.15, 0.2) is 0 Å². The van der Waals surface area contributed by atoms with Crippen LogP contribution in [0, 0.1) is 0 Å². The summed E-state index contributed by atoms with van der Waals surface area (Å²) in [6.45, 7) is 0.829. The summed E-state index contributed by atoms with van der Waals surface area (Å²) in [5, 5.41) is 6.07. The summed E-state index contributed by atoms with van der Waals surface area (Å²) >= 11 is 0. The van der Waals surface area contributed by atoms with Gasteiger partial charge in [-0.3, -0.25) is 4.79 Å². The van der Waals surface area contributed by atoms with E-state index in [2.05, 4.69) is 10.6 Å². The second kappa shape index (κ2) is 2.76. The fourth-order valence-electron chi connectivity index (χ4n) is 1.53. The molecule has 0 aromatic carbocycles. The van der Waals surface area contributed by atoms with Gasteiger partial charge in [0.05, 0.1) is 6.04 Å². The number of halogens is 1. The largest absolute Gasteiger partial charge is 0.353 e. The SMILES string of the molecule is Cl.O=C1NC[C@H]2CC[C@@H]1N2. The Morgan fingerprint density at radius 1 is 1.40 bits per heavy atom. The lowest BCUT2D eigenvalue weighted by Crippen LogP contribution is -2.52. The Labute approximate surface area is 66.0 Å². The molecule has 0 unspecified atom stereocenters. The molecule has 2 bridgehead atoms. The lowest BCUT2D eigenvalue weighted by Gasteiger charge is -2.20. The van der Waals surface area contributed by atoms with Crippen LogP contribution < -0.4 is 10.6 Å². The minimum absolute atomic E-state index is 0. The van der Waals surface area contributed by atoms with Crippen molar-refractivity contribution in [3.8, 4) is 0 Å². The third kappa shape index (κ3) is 1.11. The van der Waals surface area contributed by atoms with E-state index in [1.165, 1.54) is 0 Å². The Hall–Kier alpha value is -0.280. The van der Waals surface area contributed by atoms with Crippen molar-refractivity contribution in [2.45, 2.75) is 24.9 Å². The van der Waals surface area contributed by atoms with Crippen LogP contribution in [0.2, 0.25) is 0 Å². The Bertz CT molecular complexity index is 151. The molecule has 58 valence electrons. The summed E-state index contributed by atoms with van der Waals surface area (Å²) in [5.74, 6) is 0.184. The average Bonchev–Trinajstić information content (AvgIpc) is 2.25. The van der Waals surface area contributed by atoms with Gasteiger partial charge >= 0.3 is 0 Å². The first kappa shape index (κ1) is 7.82. The van der Waals surface area contributed by atoms with Crippen molar-refractivity contribution in [2.75, 3.05) is 6.54 Å². The number of amides is 1. The number of carbonyl (C=O) groups is 1. The van der Waals surface area contributed by atoms with Crippen molar-refractivity contribution in [3.63, 3.8) is 0 Å². The average molecular weight is 163 g/mol. The molecule has 2 saturated heterocycles. The standard InChI is InChI=1S/C6H10N2O.ClH/c9-6-5-2-1-4(8-5)3-7-6;/h4-5,8H,1-3H2,(H,7,9);1H/t4-,5+;/m1./s1. The zero-order chi connectivity index (χ0) is 6.27. The molecule has 0 aliphatic carbocycles. The molecule has 0 radical (unpaired) electrons. The van der Waals surface area contributed by atoms with Crippen molar-refractivity contribution in [1.82, 2.24) is 10.6 Å². The first-order valence-electron chi connectivity index (χ1n) is 3.40. The maximum absolute atomic E-state index is 10.9. The molecule has 2 heterocycles. The number of fused-ring (bicyclic) bond motifs is 2. The molecule has 0 aromatic rings. The van der Waals surface area contributed by atoms with E-state index in [0.29, 0.717) is 6.04 Å². The lowest BCUT2D eigenvalue weighted by molar-refractivity contribution is -0.123. The first-order valence-corrected chi connectivity index (χ1v) is 3.40.